The summed E-state index contributed by atoms with van der Waals surface area (Å²) >= 11 is 0. The number of hydrogen-bond acceptors (Lipinski definition) is 3. The van der Waals surface area contributed by atoms with Crippen LogP contribution in [0, 0.1) is 12.8 Å². The van der Waals surface area contributed by atoms with Gasteiger partial charge in [0.15, 0.2) is 0 Å². The molecule has 1 fully saturated rings. The second-order valence-corrected chi connectivity index (χ2v) is 7.60. The van der Waals surface area contributed by atoms with Gasteiger partial charge in [-0.2, -0.15) is 13.2 Å². The molecule has 3 rings (SSSR count). The number of hydrogen-bond donors (Lipinski definition) is 2. The van der Waals surface area contributed by atoms with E-state index in [0.717, 1.165) is 12.3 Å². The first-order chi connectivity index (χ1) is 14.0. The Labute approximate surface area is 170 Å². The summed E-state index contributed by atoms with van der Waals surface area (Å²) < 4.78 is 66.6. The molecular weight excluding hydrogens is 405 g/mol. The Bertz CT molecular complexity index is 902. The van der Waals surface area contributed by atoms with Crippen molar-refractivity contribution >= 4 is 11.6 Å². The summed E-state index contributed by atoms with van der Waals surface area (Å²) in [5.41, 5.74) is 6.03. The largest absolute Gasteiger partial charge is 0.417 e. The van der Waals surface area contributed by atoms with Crippen LogP contribution < -0.4 is 11.1 Å². The van der Waals surface area contributed by atoms with Gasteiger partial charge < -0.3 is 11.1 Å². The van der Waals surface area contributed by atoms with Gasteiger partial charge in [-0.1, -0.05) is 12.1 Å². The zero-order valence-corrected chi connectivity index (χ0v) is 16.3. The van der Waals surface area contributed by atoms with Crippen LogP contribution in [0.5, 0.6) is 0 Å². The molecular formula is C21H22F5N3O. The number of aromatic nitrogens is 1. The first kappa shape index (κ1) is 22.1. The average Bonchev–Trinajstić information content (AvgIpc) is 2.67. The second kappa shape index (κ2) is 8.29. The molecule has 1 aliphatic carbocycles. The van der Waals surface area contributed by atoms with Gasteiger partial charge in [-0.15, -0.1) is 0 Å². The van der Waals surface area contributed by atoms with E-state index in [1.165, 1.54) is 31.2 Å². The number of halogens is 5. The molecule has 0 radical (unpaired) electrons. The van der Waals surface area contributed by atoms with Gasteiger partial charge in [0.1, 0.15) is 0 Å². The molecule has 0 aliphatic heterocycles. The van der Waals surface area contributed by atoms with Crippen LogP contribution >= 0.6 is 0 Å². The Kier molecular flexibility index (Phi) is 6.12. The minimum absolute atomic E-state index is 0.0253. The van der Waals surface area contributed by atoms with Crippen LogP contribution in [0.4, 0.5) is 27.6 Å². The van der Waals surface area contributed by atoms with Crippen molar-refractivity contribution in [2.45, 2.75) is 50.7 Å². The molecule has 9 heteroatoms. The lowest BCUT2D eigenvalue weighted by Crippen LogP contribution is -2.44. The fraction of sp³-hybridized carbons (Fsp3) is 0.429. The Morgan fingerprint density at radius 1 is 1.17 bits per heavy atom. The number of carbonyl (C=O) groups excluding carboxylic acids is 1. The molecule has 1 aromatic carbocycles. The average molecular weight is 427 g/mol. The van der Waals surface area contributed by atoms with Crippen molar-refractivity contribution in [3.05, 3.63) is 47.8 Å². The third kappa shape index (κ3) is 4.95. The number of nitrogens with zero attached hydrogens (tertiary/aromatic N) is 1. The normalized spacial score (nSPS) is 18.1. The summed E-state index contributed by atoms with van der Waals surface area (Å²) in [6, 6.07) is 5.86. The standard InChI is InChI=1S/C21H22F5N3O/c1-12-17(16(8-11-28-12)21(24,25)26)13-2-4-15(5-3-13)29-19(30)18(27)14-6-9-20(22,23)10-7-14/h2-5,8,11,14,18H,6-7,9-10,27H2,1H3,(H,29,30). The number of pyridine rings is 1. The number of benzene rings is 1. The molecule has 0 saturated heterocycles. The zero-order chi connectivity index (χ0) is 22.1. The molecule has 1 amide bonds. The topological polar surface area (TPSA) is 68.0 Å². The van der Waals surface area contributed by atoms with Crippen LogP contribution in [0.15, 0.2) is 36.5 Å². The predicted molar refractivity (Wildman–Crippen MR) is 103 cm³/mol. The predicted octanol–water partition coefficient (Wildman–Crippen LogP) is 5.17. The molecule has 1 saturated carbocycles. The maximum absolute atomic E-state index is 13.3. The Hall–Kier alpha value is -2.55. The van der Waals surface area contributed by atoms with E-state index in [0.29, 0.717) is 11.3 Å². The van der Waals surface area contributed by atoms with Gasteiger partial charge in [-0.3, -0.25) is 9.78 Å². The maximum Gasteiger partial charge on any atom is 0.417 e. The van der Waals surface area contributed by atoms with Crippen molar-refractivity contribution in [3.8, 4) is 11.1 Å². The van der Waals surface area contributed by atoms with Crippen LogP contribution in [-0.2, 0) is 11.0 Å². The van der Waals surface area contributed by atoms with E-state index in [-0.39, 0.29) is 42.9 Å². The van der Waals surface area contributed by atoms with Crippen molar-refractivity contribution in [1.29, 1.82) is 0 Å². The first-order valence-corrected chi connectivity index (χ1v) is 9.55. The fourth-order valence-corrected chi connectivity index (χ4v) is 3.75. The number of nitrogens with one attached hydrogen (secondary N) is 1. The van der Waals surface area contributed by atoms with Crippen LogP contribution in [0.1, 0.15) is 36.9 Å². The van der Waals surface area contributed by atoms with Gasteiger partial charge in [-0.25, -0.2) is 8.78 Å². The van der Waals surface area contributed by atoms with Gasteiger partial charge >= 0.3 is 6.18 Å². The number of carbonyl (C=O) groups is 1. The minimum atomic E-state index is -4.53. The van der Waals surface area contributed by atoms with Gasteiger partial charge in [0.25, 0.3) is 0 Å². The summed E-state index contributed by atoms with van der Waals surface area (Å²) in [5.74, 6) is -3.55. The molecule has 1 aliphatic rings. The first-order valence-electron chi connectivity index (χ1n) is 9.55. The van der Waals surface area contributed by atoms with Crippen molar-refractivity contribution < 1.29 is 26.7 Å². The molecule has 2 aromatic rings. The summed E-state index contributed by atoms with van der Waals surface area (Å²) in [6.07, 6.45) is -3.67. The van der Waals surface area contributed by atoms with Crippen LogP contribution in [-0.4, -0.2) is 22.9 Å². The van der Waals surface area contributed by atoms with Crippen molar-refractivity contribution in [1.82, 2.24) is 4.98 Å². The van der Waals surface area contributed by atoms with E-state index in [2.05, 4.69) is 10.3 Å². The van der Waals surface area contributed by atoms with E-state index < -0.39 is 29.6 Å². The summed E-state index contributed by atoms with van der Waals surface area (Å²) in [6.45, 7) is 1.49. The highest BCUT2D eigenvalue weighted by atomic mass is 19.4. The number of anilines is 1. The van der Waals surface area contributed by atoms with Crippen LogP contribution in [0.25, 0.3) is 11.1 Å². The van der Waals surface area contributed by atoms with E-state index >= 15 is 0 Å². The van der Waals surface area contributed by atoms with Crippen molar-refractivity contribution in [3.63, 3.8) is 0 Å². The molecule has 30 heavy (non-hydrogen) atoms. The fourth-order valence-electron chi connectivity index (χ4n) is 3.75. The third-order valence-electron chi connectivity index (χ3n) is 5.46. The zero-order valence-electron chi connectivity index (χ0n) is 16.3. The lowest BCUT2D eigenvalue weighted by molar-refractivity contribution is -0.137. The van der Waals surface area contributed by atoms with Gasteiger partial charge in [0, 0.05) is 36.0 Å². The number of amides is 1. The Morgan fingerprint density at radius 3 is 2.33 bits per heavy atom. The van der Waals surface area contributed by atoms with Gasteiger partial charge in [0.2, 0.25) is 11.8 Å². The highest BCUT2D eigenvalue weighted by Crippen LogP contribution is 2.39. The summed E-state index contributed by atoms with van der Waals surface area (Å²) in [7, 11) is 0. The van der Waals surface area contributed by atoms with E-state index in [4.69, 9.17) is 5.73 Å². The highest BCUT2D eigenvalue weighted by Gasteiger charge is 2.38. The maximum atomic E-state index is 13.3. The van der Waals surface area contributed by atoms with Crippen molar-refractivity contribution in [2.75, 3.05) is 5.32 Å². The van der Waals surface area contributed by atoms with Gasteiger partial charge in [-0.05, 0) is 49.4 Å². The minimum Gasteiger partial charge on any atom is -0.325 e. The van der Waals surface area contributed by atoms with Crippen LogP contribution in [0.2, 0.25) is 0 Å². The number of nitrogens with two attached hydrogens (primary N) is 1. The summed E-state index contributed by atoms with van der Waals surface area (Å²) in [5, 5.41) is 2.61. The lowest BCUT2D eigenvalue weighted by Gasteiger charge is -2.31. The number of alkyl halides is 5. The molecule has 3 N–H and O–H groups in total. The molecule has 0 spiro atoms. The SMILES string of the molecule is Cc1nccc(C(F)(F)F)c1-c1ccc(NC(=O)C(N)C2CCC(F)(F)CC2)cc1. The quantitative estimate of drug-likeness (QED) is 0.662. The smallest absolute Gasteiger partial charge is 0.325 e. The van der Waals surface area contributed by atoms with Gasteiger partial charge in [0.05, 0.1) is 11.6 Å². The molecule has 162 valence electrons. The van der Waals surface area contributed by atoms with E-state index in [1.54, 1.807) is 0 Å². The monoisotopic (exact) mass is 427 g/mol. The van der Waals surface area contributed by atoms with Crippen molar-refractivity contribution in [2.24, 2.45) is 11.7 Å². The second-order valence-electron chi connectivity index (χ2n) is 7.60. The number of rotatable bonds is 4. The lowest BCUT2D eigenvalue weighted by atomic mass is 9.82. The Morgan fingerprint density at radius 2 is 1.77 bits per heavy atom. The van der Waals surface area contributed by atoms with E-state index in [9.17, 15) is 26.7 Å². The van der Waals surface area contributed by atoms with E-state index in [1.807, 2.05) is 0 Å². The molecule has 0 bridgehead atoms. The number of aryl methyl sites for hydroxylation is 1. The highest BCUT2D eigenvalue weighted by molar-refractivity contribution is 5.95. The molecule has 1 unspecified atom stereocenters. The molecule has 1 atom stereocenters. The molecule has 1 aromatic heterocycles. The Balaban J connectivity index is 1.72. The molecule has 4 nitrogen and oxygen atoms in total. The molecule has 1 heterocycles. The third-order valence-corrected chi connectivity index (χ3v) is 5.46. The van der Waals surface area contributed by atoms with Crippen LogP contribution in [0.3, 0.4) is 0 Å². The summed E-state index contributed by atoms with van der Waals surface area (Å²) in [4.78, 5) is 16.3.